The van der Waals surface area contributed by atoms with Crippen LogP contribution in [-0.2, 0) is 14.9 Å². The molecule has 0 unspecified atom stereocenters. The standard InChI is InChI=1S/C8H8O6S.K.H/c1-5(9)14-6-2-3-7(10)8(4-6)15(11,12)13;;/h2-4,10H,1H3,(H,11,12,13);;. The minimum atomic E-state index is -4.53. The van der Waals surface area contributed by atoms with Crippen LogP contribution in [0.5, 0.6) is 11.5 Å². The van der Waals surface area contributed by atoms with Gasteiger partial charge in [0, 0.05) is 13.0 Å². The number of phenolic OH excluding ortho intramolecular Hbond substituents is 1. The Morgan fingerprint density at radius 2 is 1.94 bits per heavy atom. The second-order valence-corrected chi connectivity index (χ2v) is 4.09. The number of carbonyl (C=O) groups is 1. The predicted octanol–water partition coefficient (Wildman–Crippen LogP) is -0.0843. The van der Waals surface area contributed by atoms with Crippen LogP contribution in [0.25, 0.3) is 0 Å². The zero-order valence-electron chi connectivity index (χ0n) is 7.67. The number of rotatable bonds is 2. The molecule has 0 amide bonds. The summed E-state index contributed by atoms with van der Waals surface area (Å²) in [6.07, 6.45) is 0. The number of aromatic hydroxyl groups is 1. The third-order valence-corrected chi connectivity index (χ3v) is 2.35. The average Bonchev–Trinajstić information content (AvgIpc) is 2.05. The molecule has 0 aliphatic carbocycles. The van der Waals surface area contributed by atoms with Gasteiger partial charge in [0.2, 0.25) is 0 Å². The first-order valence-electron chi connectivity index (χ1n) is 3.79. The van der Waals surface area contributed by atoms with Gasteiger partial charge in [-0.2, -0.15) is 8.42 Å². The van der Waals surface area contributed by atoms with Crippen LogP contribution in [0.15, 0.2) is 23.1 Å². The van der Waals surface area contributed by atoms with Gasteiger partial charge in [0.1, 0.15) is 16.4 Å². The number of phenols is 1. The summed E-state index contributed by atoms with van der Waals surface area (Å²) in [4.78, 5) is 9.86. The van der Waals surface area contributed by atoms with Crippen molar-refractivity contribution in [1.82, 2.24) is 0 Å². The van der Waals surface area contributed by atoms with Crippen molar-refractivity contribution in [1.29, 1.82) is 0 Å². The Labute approximate surface area is 135 Å². The fraction of sp³-hybridized carbons (Fsp3) is 0.125. The van der Waals surface area contributed by atoms with E-state index in [9.17, 15) is 13.2 Å². The first-order chi connectivity index (χ1) is 6.80. The van der Waals surface area contributed by atoms with Crippen LogP contribution in [0.1, 0.15) is 6.92 Å². The number of hydrogen-bond acceptors (Lipinski definition) is 5. The fourth-order valence-electron chi connectivity index (χ4n) is 0.931. The molecule has 0 aromatic heterocycles. The number of esters is 1. The van der Waals surface area contributed by atoms with Gasteiger partial charge in [0.05, 0.1) is 0 Å². The number of hydrogen-bond donors (Lipinski definition) is 2. The maximum atomic E-state index is 10.7. The quantitative estimate of drug-likeness (QED) is 0.338. The molecule has 0 spiro atoms. The van der Waals surface area contributed by atoms with Crippen molar-refractivity contribution in [2.24, 2.45) is 0 Å². The van der Waals surface area contributed by atoms with E-state index in [0.29, 0.717) is 0 Å². The third-order valence-electron chi connectivity index (χ3n) is 1.47. The monoisotopic (exact) mass is 272 g/mol. The second-order valence-electron chi connectivity index (χ2n) is 2.70. The molecule has 1 aromatic carbocycles. The van der Waals surface area contributed by atoms with Gasteiger partial charge in [-0.15, -0.1) is 0 Å². The number of benzene rings is 1. The van der Waals surface area contributed by atoms with Gasteiger partial charge in [-0.05, 0) is 12.1 Å². The zero-order chi connectivity index (χ0) is 11.6. The molecule has 0 aliphatic heterocycles. The van der Waals surface area contributed by atoms with E-state index in [0.717, 1.165) is 19.1 Å². The van der Waals surface area contributed by atoms with E-state index < -0.39 is 26.7 Å². The molecule has 2 N–H and O–H groups in total. The van der Waals surface area contributed by atoms with Crippen molar-refractivity contribution >= 4 is 67.5 Å². The van der Waals surface area contributed by atoms with Crippen molar-refractivity contribution in [3.8, 4) is 11.5 Å². The van der Waals surface area contributed by atoms with Crippen molar-refractivity contribution in [2.45, 2.75) is 11.8 Å². The molecule has 0 atom stereocenters. The van der Waals surface area contributed by atoms with Gasteiger partial charge in [-0.1, -0.05) is 0 Å². The summed E-state index contributed by atoms with van der Waals surface area (Å²) in [6, 6.07) is 3.05. The van der Waals surface area contributed by atoms with Crippen LogP contribution in [0.2, 0.25) is 0 Å². The van der Waals surface area contributed by atoms with Crippen LogP contribution in [0, 0.1) is 0 Å². The molecule has 6 nitrogen and oxygen atoms in total. The van der Waals surface area contributed by atoms with Crippen molar-refractivity contribution in [3.63, 3.8) is 0 Å². The Hall–Kier alpha value is 0.0364. The second kappa shape index (κ2) is 6.10. The summed E-state index contributed by atoms with van der Waals surface area (Å²) >= 11 is 0. The van der Waals surface area contributed by atoms with Gasteiger partial charge >= 0.3 is 57.4 Å². The summed E-state index contributed by atoms with van der Waals surface area (Å²) < 4.78 is 34.8. The average molecular weight is 272 g/mol. The summed E-state index contributed by atoms with van der Waals surface area (Å²) in [5, 5.41) is 9.13. The molecule has 8 heteroatoms. The Bertz CT molecular complexity index is 495. The van der Waals surface area contributed by atoms with E-state index >= 15 is 0 Å². The summed E-state index contributed by atoms with van der Waals surface area (Å²) in [5.74, 6) is -1.33. The summed E-state index contributed by atoms with van der Waals surface area (Å²) in [6.45, 7) is 1.14. The SMILES string of the molecule is CC(=O)Oc1ccc(O)c(S(=O)(=O)O)c1.[KH]. The molecule has 0 bridgehead atoms. The molecule has 1 rings (SSSR count). The molecule has 0 saturated carbocycles. The van der Waals surface area contributed by atoms with Crippen LogP contribution in [0.3, 0.4) is 0 Å². The van der Waals surface area contributed by atoms with Crippen molar-refractivity contribution in [3.05, 3.63) is 18.2 Å². The van der Waals surface area contributed by atoms with Crippen LogP contribution in [-0.4, -0.2) is 75.4 Å². The van der Waals surface area contributed by atoms with Crippen LogP contribution in [0.4, 0.5) is 0 Å². The van der Waals surface area contributed by atoms with Gasteiger partial charge < -0.3 is 9.84 Å². The van der Waals surface area contributed by atoms with Crippen molar-refractivity contribution in [2.75, 3.05) is 0 Å². The third kappa shape index (κ3) is 4.50. The Morgan fingerprint density at radius 3 is 2.38 bits per heavy atom. The van der Waals surface area contributed by atoms with E-state index in [1.807, 2.05) is 0 Å². The Kier molecular flexibility index (Phi) is 6.11. The molecule has 0 aliphatic rings. The normalized spacial score (nSPS) is 10.4. The predicted molar refractivity (Wildman–Crippen MR) is 56.4 cm³/mol. The van der Waals surface area contributed by atoms with Crippen LogP contribution < -0.4 is 4.74 Å². The summed E-state index contributed by atoms with van der Waals surface area (Å²) in [7, 11) is -4.53. The minimum absolute atomic E-state index is 0. The first kappa shape index (κ1) is 16.0. The van der Waals surface area contributed by atoms with E-state index in [1.54, 1.807) is 0 Å². The Balaban J connectivity index is 0.00000225. The van der Waals surface area contributed by atoms with Gasteiger partial charge in [-0.3, -0.25) is 9.35 Å². The van der Waals surface area contributed by atoms with Crippen LogP contribution >= 0.6 is 0 Å². The molecule has 0 radical (unpaired) electrons. The fourth-order valence-corrected chi connectivity index (χ4v) is 1.53. The zero-order valence-corrected chi connectivity index (χ0v) is 8.48. The molecule has 1 aromatic rings. The molecule has 0 saturated heterocycles. The van der Waals surface area contributed by atoms with Crippen molar-refractivity contribution < 1.29 is 27.6 Å². The molecular formula is C8H9KO6S. The molecular weight excluding hydrogens is 263 g/mol. The van der Waals surface area contributed by atoms with E-state index in [2.05, 4.69) is 4.74 Å². The molecule has 84 valence electrons. The molecule has 0 fully saturated rings. The molecule has 0 heterocycles. The van der Waals surface area contributed by atoms with E-state index in [-0.39, 0.29) is 57.1 Å². The number of carbonyl (C=O) groups excluding carboxylic acids is 1. The van der Waals surface area contributed by atoms with E-state index in [4.69, 9.17) is 9.66 Å². The van der Waals surface area contributed by atoms with E-state index in [1.165, 1.54) is 6.07 Å². The summed E-state index contributed by atoms with van der Waals surface area (Å²) in [5.41, 5.74) is 0. The maximum absolute atomic E-state index is 10.7. The molecule has 16 heavy (non-hydrogen) atoms. The topological polar surface area (TPSA) is 101 Å². The Morgan fingerprint density at radius 1 is 1.38 bits per heavy atom. The van der Waals surface area contributed by atoms with Gasteiger partial charge in [0.25, 0.3) is 10.1 Å². The van der Waals surface area contributed by atoms with Gasteiger partial charge in [0.15, 0.2) is 0 Å². The van der Waals surface area contributed by atoms with Gasteiger partial charge in [-0.25, -0.2) is 0 Å². The first-order valence-corrected chi connectivity index (χ1v) is 5.23. The number of ether oxygens (including phenoxy) is 1.